The Balaban J connectivity index is 0.000000269. The fourth-order valence-electron chi connectivity index (χ4n) is 6.67. The quantitative estimate of drug-likeness (QED) is 0.162. The zero-order valence-corrected chi connectivity index (χ0v) is 34.4. The zero-order valence-electron chi connectivity index (χ0n) is 32.0. The number of pyridine rings is 2. The molecule has 4 heterocycles. The molecule has 0 spiro atoms. The standard InChI is InChI=1S/C34H34N3O.C13H12N.Ir/c1-20(2)22-13-10-14-23(21(3)4)30(22)37-32(35-27-18-19-29(34(5,6)7)36-33(27)37)26-16-11-15-25-24-12-8-9-17-28(24)38-31(25)26;1-10-3-6-12(7-4-10)13-8-5-11(2)9-14-13;/h8-15,17-21H,1-7H3;3-6,8-9H,1-2H3;/q2*-1;. The topological polar surface area (TPSA) is 56.7 Å². The van der Waals surface area contributed by atoms with Crippen LogP contribution in [0.4, 0.5) is 0 Å². The van der Waals surface area contributed by atoms with Crippen molar-refractivity contribution < 1.29 is 24.5 Å². The second-order valence-corrected chi connectivity index (χ2v) is 15.3. The molecule has 0 unspecified atom stereocenters. The molecule has 0 atom stereocenters. The molecule has 0 aliphatic rings. The Morgan fingerprint density at radius 2 is 1.43 bits per heavy atom. The van der Waals surface area contributed by atoms with Gasteiger partial charge in [0.1, 0.15) is 5.58 Å². The van der Waals surface area contributed by atoms with Crippen molar-refractivity contribution in [3.63, 3.8) is 0 Å². The molecule has 0 N–H and O–H groups in total. The molecule has 0 saturated heterocycles. The first-order valence-electron chi connectivity index (χ1n) is 18.2. The molecule has 0 bridgehead atoms. The molecule has 8 rings (SSSR count). The van der Waals surface area contributed by atoms with Crippen LogP contribution in [0.3, 0.4) is 0 Å². The van der Waals surface area contributed by atoms with Gasteiger partial charge in [0.25, 0.3) is 0 Å². The van der Waals surface area contributed by atoms with Crippen LogP contribution >= 0.6 is 0 Å². The number of hydrogen-bond donors (Lipinski definition) is 0. The number of aromatic nitrogens is 4. The van der Waals surface area contributed by atoms with E-state index in [1.54, 1.807) is 0 Å². The molecule has 0 aliphatic heterocycles. The second kappa shape index (κ2) is 15.2. The van der Waals surface area contributed by atoms with Crippen LogP contribution in [0, 0.1) is 26.0 Å². The van der Waals surface area contributed by atoms with Crippen molar-refractivity contribution in [2.24, 2.45) is 0 Å². The maximum atomic E-state index is 6.45. The normalized spacial score (nSPS) is 11.7. The van der Waals surface area contributed by atoms with Gasteiger partial charge < -0.3 is 14.0 Å². The van der Waals surface area contributed by atoms with E-state index in [9.17, 15) is 0 Å². The number of hydrogen-bond acceptors (Lipinski definition) is 4. The van der Waals surface area contributed by atoms with Gasteiger partial charge >= 0.3 is 0 Å². The van der Waals surface area contributed by atoms with Crippen LogP contribution in [0.2, 0.25) is 0 Å². The Bertz CT molecular complexity index is 2450. The number of aryl methyl sites for hydroxylation is 2. The number of furan rings is 1. The van der Waals surface area contributed by atoms with Crippen LogP contribution in [0.15, 0.2) is 108 Å². The van der Waals surface area contributed by atoms with Gasteiger partial charge in [-0.15, -0.1) is 53.6 Å². The molecule has 8 aromatic rings. The maximum Gasteiger partial charge on any atom is 0.155 e. The molecule has 271 valence electrons. The molecule has 0 saturated carbocycles. The SMILES string of the molecule is CC(C)c1cccc(C(C)C)c1-n1c(-c2[c-]ccc3c2oc2ccccc23)nc2ccc(C(C)(C)C)nc21.Cc1c[c-]c(-c2ccc(C)cn2)cc1.[Ir]. The van der Waals surface area contributed by atoms with E-state index in [-0.39, 0.29) is 25.5 Å². The molecule has 1 radical (unpaired) electrons. The molecule has 4 aromatic heterocycles. The van der Waals surface area contributed by atoms with Crippen LogP contribution < -0.4 is 0 Å². The fraction of sp³-hybridized carbons (Fsp3) is 0.255. The first-order valence-corrected chi connectivity index (χ1v) is 18.2. The summed E-state index contributed by atoms with van der Waals surface area (Å²) in [4.78, 5) is 14.8. The van der Waals surface area contributed by atoms with Crippen molar-refractivity contribution >= 4 is 33.1 Å². The van der Waals surface area contributed by atoms with Gasteiger partial charge in [-0.1, -0.05) is 115 Å². The third kappa shape index (κ3) is 7.49. The van der Waals surface area contributed by atoms with Crippen molar-refractivity contribution in [2.45, 2.75) is 79.6 Å². The first-order chi connectivity index (χ1) is 24.9. The summed E-state index contributed by atoms with van der Waals surface area (Å²) in [7, 11) is 0. The van der Waals surface area contributed by atoms with Crippen LogP contribution in [0.5, 0.6) is 0 Å². The molecule has 5 nitrogen and oxygen atoms in total. The third-order valence-electron chi connectivity index (χ3n) is 9.56. The zero-order chi connectivity index (χ0) is 36.7. The number of benzene rings is 4. The maximum absolute atomic E-state index is 6.45. The first kappa shape index (κ1) is 37.8. The summed E-state index contributed by atoms with van der Waals surface area (Å²) < 4.78 is 8.72. The number of rotatable bonds is 5. The Kier molecular flexibility index (Phi) is 10.9. The fourth-order valence-corrected chi connectivity index (χ4v) is 6.67. The molecule has 0 amide bonds. The minimum absolute atomic E-state index is 0. The van der Waals surface area contributed by atoms with Crippen LogP contribution in [0.1, 0.15) is 88.2 Å². The minimum Gasteiger partial charge on any atom is -0.501 e. The monoisotopic (exact) mass is 875 g/mol. The molecular weight excluding hydrogens is 829 g/mol. The van der Waals surface area contributed by atoms with Gasteiger partial charge in [-0.25, -0.2) is 4.98 Å². The summed E-state index contributed by atoms with van der Waals surface area (Å²) in [6.07, 6.45) is 1.88. The van der Waals surface area contributed by atoms with Gasteiger partial charge in [0, 0.05) is 48.5 Å². The van der Waals surface area contributed by atoms with E-state index in [4.69, 9.17) is 14.4 Å². The Morgan fingerprint density at radius 3 is 2.08 bits per heavy atom. The summed E-state index contributed by atoms with van der Waals surface area (Å²) in [5.74, 6) is 1.45. The van der Waals surface area contributed by atoms with E-state index >= 15 is 0 Å². The Labute approximate surface area is 326 Å². The van der Waals surface area contributed by atoms with Gasteiger partial charge in [0.2, 0.25) is 0 Å². The number of nitrogens with zero attached hydrogens (tertiary/aromatic N) is 4. The van der Waals surface area contributed by atoms with E-state index in [1.165, 1.54) is 22.3 Å². The van der Waals surface area contributed by atoms with Gasteiger partial charge in [0.05, 0.1) is 16.9 Å². The molecule has 6 heteroatoms. The van der Waals surface area contributed by atoms with E-state index in [0.29, 0.717) is 11.8 Å². The van der Waals surface area contributed by atoms with Crippen molar-refractivity contribution in [1.29, 1.82) is 0 Å². The molecule has 53 heavy (non-hydrogen) atoms. The van der Waals surface area contributed by atoms with Gasteiger partial charge in [-0.3, -0.25) is 4.98 Å². The number of imidazole rings is 1. The number of para-hydroxylation sites is 2. The molecule has 0 fully saturated rings. The van der Waals surface area contributed by atoms with E-state index in [0.717, 1.165) is 67.1 Å². The summed E-state index contributed by atoms with van der Waals surface area (Å²) in [6.45, 7) is 19.7. The summed E-state index contributed by atoms with van der Waals surface area (Å²) >= 11 is 0. The Morgan fingerprint density at radius 1 is 0.717 bits per heavy atom. The summed E-state index contributed by atoms with van der Waals surface area (Å²) in [5, 5.41) is 2.16. The molecule has 0 aliphatic carbocycles. The van der Waals surface area contributed by atoms with Gasteiger partial charge in [0.15, 0.2) is 5.65 Å². The summed E-state index contributed by atoms with van der Waals surface area (Å²) in [6, 6.07) is 40.0. The number of fused-ring (bicyclic) bond motifs is 4. The summed E-state index contributed by atoms with van der Waals surface area (Å²) in [5.41, 5.74) is 13.3. The minimum atomic E-state index is -0.0905. The largest absolute Gasteiger partial charge is 0.501 e. The average Bonchev–Trinajstić information content (AvgIpc) is 3.70. The van der Waals surface area contributed by atoms with Crippen LogP contribution in [0.25, 0.3) is 61.4 Å². The predicted molar refractivity (Wildman–Crippen MR) is 215 cm³/mol. The van der Waals surface area contributed by atoms with E-state index < -0.39 is 0 Å². The van der Waals surface area contributed by atoms with Gasteiger partial charge in [-0.05, 0) is 59.3 Å². The van der Waals surface area contributed by atoms with Crippen LogP contribution in [-0.4, -0.2) is 19.5 Å². The molecular formula is C47H46IrN4O-2. The second-order valence-electron chi connectivity index (χ2n) is 15.3. The van der Waals surface area contributed by atoms with Gasteiger partial charge in [-0.2, -0.15) is 0 Å². The average molecular weight is 875 g/mol. The van der Waals surface area contributed by atoms with E-state index in [1.807, 2.05) is 49.5 Å². The van der Waals surface area contributed by atoms with Crippen molar-refractivity contribution in [3.05, 3.63) is 143 Å². The van der Waals surface area contributed by atoms with Crippen molar-refractivity contribution in [2.75, 3.05) is 0 Å². The molecule has 4 aromatic carbocycles. The smallest absolute Gasteiger partial charge is 0.155 e. The Hall–Kier alpha value is -4.90. The van der Waals surface area contributed by atoms with E-state index in [2.05, 4.69) is 138 Å². The van der Waals surface area contributed by atoms with Crippen molar-refractivity contribution in [3.8, 4) is 28.3 Å². The van der Waals surface area contributed by atoms with Crippen molar-refractivity contribution in [1.82, 2.24) is 19.5 Å². The third-order valence-corrected chi connectivity index (χ3v) is 9.56. The van der Waals surface area contributed by atoms with Crippen LogP contribution in [-0.2, 0) is 25.5 Å². The predicted octanol–water partition coefficient (Wildman–Crippen LogP) is 12.5.